The molecule has 0 aliphatic carbocycles. The quantitative estimate of drug-likeness (QED) is 0.179. The SMILES string of the molecule is CO/N=C(\C(=O)N[C@@H]1C(=O)N2C(C(=O)O)=C(OCC3=CC(=O)OC3)CS[C@@H]12)c1csc(N)n1. The number of β-lactam (4-membered cyclic amide) rings is 1. The number of ether oxygens (including phenoxy) is 2. The predicted octanol–water partition coefficient (Wildman–Crippen LogP) is -0.728. The van der Waals surface area contributed by atoms with E-state index >= 15 is 0 Å². The Morgan fingerprint density at radius 1 is 1.45 bits per heavy atom. The number of fused-ring (bicyclic) bond motifs is 1. The summed E-state index contributed by atoms with van der Waals surface area (Å²) >= 11 is 2.33. The van der Waals surface area contributed by atoms with Crippen LogP contribution in [-0.4, -0.2) is 81.9 Å². The number of carbonyl (C=O) groups is 4. The van der Waals surface area contributed by atoms with Crippen molar-refractivity contribution in [3.63, 3.8) is 0 Å². The minimum Gasteiger partial charge on any atom is -0.490 e. The maximum Gasteiger partial charge on any atom is 0.356 e. The highest BCUT2D eigenvalue weighted by Gasteiger charge is 2.55. The van der Waals surface area contributed by atoms with Gasteiger partial charge in [-0.3, -0.25) is 14.5 Å². The molecule has 33 heavy (non-hydrogen) atoms. The second kappa shape index (κ2) is 9.11. The zero-order valence-corrected chi connectivity index (χ0v) is 18.6. The van der Waals surface area contributed by atoms with Crippen molar-refractivity contribution in [2.75, 3.05) is 31.8 Å². The Bertz CT molecular complexity index is 1130. The highest BCUT2D eigenvalue weighted by molar-refractivity contribution is 8.00. The molecule has 2 amide bonds. The van der Waals surface area contributed by atoms with Gasteiger partial charge in [0.05, 0.1) is 5.75 Å². The van der Waals surface area contributed by atoms with Crippen LogP contribution in [0.3, 0.4) is 0 Å². The molecule has 3 aliphatic rings. The van der Waals surface area contributed by atoms with Gasteiger partial charge >= 0.3 is 11.9 Å². The average Bonchev–Trinajstić information content (AvgIpc) is 3.40. The summed E-state index contributed by atoms with van der Waals surface area (Å²) in [6, 6.07) is -0.986. The fourth-order valence-electron chi connectivity index (χ4n) is 3.28. The number of rotatable bonds is 8. The second-order valence-corrected chi connectivity index (χ2v) is 8.82. The van der Waals surface area contributed by atoms with E-state index in [-0.39, 0.29) is 47.0 Å². The van der Waals surface area contributed by atoms with Crippen molar-refractivity contribution in [2.45, 2.75) is 11.4 Å². The number of hydrogen-bond donors (Lipinski definition) is 3. The highest BCUT2D eigenvalue weighted by Crippen LogP contribution is 2.40. The monoisotopic (exact) mass is 495 g/mol. The lowest BCUT2D eigenvalue weighted by Crippen LogP contribution is -2.71. The molecule has 0 spiro atoms. The number of nitrogens with zero attached hydrogens (tertiary/aromatic N) is 3. The number of carboxylic acid groups (broad SMARTS) is 1. The van der Waals surface area contributed by atoms with Gasteiger partial charge in [0.2, 0.25) is 0 Å². The number of nitrogens with one attached hydrogen (secondary N) is 1. The van der Waals surface area contributed by atoms with Crippen LogP contribution in [0.5, 0.6) is 0 Å². The number of aliphatic carboxylic acids is 1. The lowest BCUT2D eigenvalue weighted by Gasteiger charge is -2.48. The number of aromatic nitrogens is 1. The van der Waals surface area contributed by atoms with Gasteiger partial charge in [-0.15, -0.1) is 23.1 Å². The number of thioether (sulfide) groups is 1. The second-order valence-electron chi connectivity index (χ2n) is 6.83. The molecule has 4 heterocycles. The third-order valence-corrected chi connectivity index (χ3v) is 6.67. The largest absolute Gasteiger partial charge is 0.490 e. The van der Waals surface area contributed by atoms with Crippen molar-refractivity contribution in [1.29, 1.82) is 0 Å². The van der Waals surface area contributed by atoms with E-state index in [9.17, 15) is 24.3 Å². The first-order chi connectivity index (χ1) is 15.8. The van der Waals surface area contributed by atoms with Crippen LogP contribution < -0.4 is 11.1 Å². The predicted molar refractivity (Wildman–Crippen MR) is 115 cm³/mol. The summed E-state index contributed by atoms with van der Waals surface area (Å²) < 4.78 is 10.4. The van der Waals surface area contributed by atoms with Crippen LogP contribution in [0.1, 0.15) is 5.69 Å². The molecule has 4 rings (SSSR count). The first-order valence-corrected chi connectivity index (χ1v) is 11.3. The van der Waals surface area contributed by atoms with Crippen molar-refractivity contribution in [3.8, 4) is 0 Å². The number of oxime groups is 1. The highest BCUT2D eigenvalue weighted by atomic mass is 32.2. The molecule has 15 heteroatoms. The molecule has 0 radical (unpaired) electrons. The first kappa shape index (κ1) is 22.6. The van der Waals surface area contributed by atoms with Crippen LogP contribution in [0.15, 0.2) is 33.6 Å². The summed E-state index contributed by atoms with van der Waals surface area (Å²) in [6.45, 7) is 0.0237. The number of amides is 2. The molecule has 2 atom stereocenters. The number of esters is 1. The number of carbonyl (C=O) groups excluding carboxylic acids is 3. The average molecular weight is 495 g/mol. The minimum atomic E-state index is -1.35. The van der Waals surface area contributed by atoms with Gasteiger partial charge in [0.1, 0.15) is 43.2 Å². The van der Waals surface area contributed by atoms with Crippen molar-refractivity contribution in [2.24, 2.45) is 5.16 Å². The maximum absolute atomic E-state index is 12.8. The van der Waals surface area contributed by atoms with Crippen LogP contribution in [0, 0.1) is 0 Å². The van der Waals surface area contributed by atoms with Gasteiger partial charge in [0, 0.05) is 17.0 Å². The fourth-order valence-corrected chi connectivity index (χ4v) is 5.11. The van der Waals surface area contributed by atoms with Crippen LogP contribution in [0.2, 0.25) is 0 Å². The Labute approximate surface area is 194 Å². The van der Waals surface area contributed by atoms with Crippen molar-refractivity contribution in [3.05, 3.63) is 34.2 Å². The van der Waals surface area contributed by atoms with Crippen LogP contribution in [-0.2, 0) is 33.5 Å². The molecule has 13 nitrogen and oxygen atoms in total. The molecular formula is C18H17N5O8S2. The van der Waals surface area contributed by atoms with Crippen LogP contribution in [0.25, 0.3) is 0 Å². The molecule has 4 N–H and O–H groups in total. The minimum absolute atomic E-state index is 0.0428. The molecule has 0 bridgehead atoms. The number of nitrogens with two attached hydrogens (primary N) is 1. The summed E-state index contributed by atoms with van der Waals surface area (Å²) in [5.74, 6) is -2.95. The number of anilines is 1. The molecular weight excluding hydrogens is 478 g/mol. The number of cyclic esters (lactones) is 1. The fraction of sp³-hybridized carbons (Fsp3) is 0.333. The molecule has 3 aliphatic heterocycles. The standard InChI is InChI=1S/C18H17N5O8S2/c1-29-22-11(8-5-33-18(19)20-8)14(25)21-12-15(26)23-13(17(27)28)9(6-32-16(12)23)30-3-7-2-10(24)31-4-7/h2,5,12,16H,3-4,6H2,1H3,(H2,19,20)(H,21,25)(H,27,28)/b22-11-/t12-,16+/m1/s1. The molecule has 1 fully saturated rings. The zero-order valence-electron chi connectivity index (χ0n) is 17.0. The van der Waals surface area contributed by atoms with Crippen LogP contribution in [0.4, 0.5) is 5.13 Å². The number of hydrogen-bond acceptors (Lipinski definition) is 12. The van der Waals surface area contributed by atoms with E-state index in [0.717, 1.165) is 16.2 Å². The van der Waals surface area contributed by atoms with E-state index in [0.29, 0.717) is 5.57 Å². The molecule has 1 saturated heterocycles. The van der Waals surface area contributed by atoms with E-state index in [2.05, 4.69) is 15.5 Å². The molecule has 0 unspecified atom stereocenters. The van der Waals surface area contributed by atoms with E-state index in [4.69, 9.17) is 20.0 Å². The van der Waals surface area contributed by atoms with Crippen LogP contribution >= 0.6 is 23.1 Å². The number of carboxylic acids is 1. The van der Waals surface area contributed by atoms with E-state index in [1.165, 1.54) is 30.3 Å². The lowest BCUT2D eigenvalue weighted by molar-refractivity contribution is -0.150. The van der Waals surface area contributed by atoms with Gasteiger partial charge in [-0.1, -0.05) is 5.16 Å². The van der Waals surface area contributed by atoms with Gasteiger partial charge in [-0.2, -0.15) is 0 Å². The molecule has 1 aromatic rings. The zero-order chi connectivity index (χ0) is 23.7. The Kier molecular flexibility index (Phi) is 6.24. The van der Waals surface area contributed by atoms with Gasteiger partial charge < -0.3 is 30.5 Å². The number of nitrogen functional groups attached to an aromatic ring is 1. The van der Waals surface area contributed by atoms with Crippen molar-refractivity contribution < 1.29 is 38.6 Å². The first-order valence-electron chi connectivity index (χ1n) is 9.33. The van der Waals surface area contributed by atoms with E-state index in [1.54, 1.807) is 0 Å². The summed E-state index contributed by atoms with van der Waals surface area (Å²) in [6.07, 6.45) is 1.27. The summed E-state index contributed by atoms with van der Waals surface area (Å²) in [5.41, 5.74) is 5.86. The topological polar surface area (TPSA) is 183 Å². The Hall–Kier alpha value is -3.59. The summed E-state index contributed by atoms with van der Waals surface area (Å²) in [7, 11) is 1.26. The molecule has 1 aromatic heterocycles. The van der Waals surface area contributed by atoms with E-state index in [1.807, 2.05) is 0 Å². The van der Waals surface area contributed by atoms with Gasteiger partial charge in [0.25, 0.3) is 11.8 Å². The van der Waals surface area contributed by atoms with Gasteiger partial charge in [-0.25, -0.2) is 14.6 Å². The summed E-state index contributed by atoms with van der Waals surface area (Å²) in [5, 5.41) is 17.0. The normalized spacial score (nSPS) is 22.3. The summed E-state index contributed by atoms with van der Waals surface area (Å²) in [4.78, 5) is 58.3. The molecule has 174 valence electrons. The van der Waals surface area contributed by atoms with Gasteiger partial charge in [-0.05, 0) is 0 Å². The number of thiazole rings is 1. The van der Waals surface area contributed by atoms with Crippen molar-refractivity contribution in [1.82, 2.24) is 15.2 Å². The van der Waals surface area contributed by atoms with E-state index < -0.39 is 35.2 Å². The van der Waals surface area contributed by atoms with Crippen molar-refractivity contribution >= 4 is 57.7 Å². The Morgan fingerprint density at radius 2 is 2.24 bits per heavy atom. The Morgan fingerprint density at radius 3 is 2.85 bits per heavy atom. The third kappa shape index (κ3) is 4.36. The third-order valence-electron chi connectivity index (χ3n) is 4.74. The van der Waals surface area contributed by atoms with Gasteiger partial charge in [0.15, 0.2) is 16.5 Å². The maximum atomic E-state index is 12.8. The molecule has 0 aromatic carbocycles. The smallest absolute Gasteiger partial charge is 0.356 e. The lowest BCUT2D eigenvalue weighted by atomic mass is 10.0. The Balaban J connectivity index is 1.48. The molecule has 0 saturated carbocycles.